The molecule has 1 rings (SSSR count). The maximum Gasteiger partial charge on any atom is 0.304 e. The van der Waals surface area contributed by atoms with Gasteiger partial charge >= 0.3 is 5.97 Å². The first-order valence-electron chi connectivity index (χ1n) is 4.66. The standard InChI is InChI=1S/C9H14N2O4/c1-10(4-3-8(13)14)6-5-7(12)11(2)9(6)15/h6H,3-5H2,1-2H3,(H,13,14). The molecule has 0 saturated carbocycles. The number of carboxylic acids is 1. The number of nitrogens with zero attached hydrogens (tertiary/aromatic N) is 2. The van der Waals surface area contributed by atoms with Crippen molar-refractivity contribution in [2.45, 2.75) is 18.9 Å². The van der Waals surface area contributed by atoms with Crippen LogP contribution in [-0.4, -0.2) is 59.4 Å². The van der Waals surface area contributed by atoms with Crippen molar-refractivity contribution in [3.63, 3.8) is 0 Å². The Kier molecular flexibility index (Phi) is 3.41. The van der Waals surface area contributed by atoms with Gasteiger partial charge in [0.2, 0.25) is 11.8 Å². The number of likely N-dealkylation sites (tertiary alicyclic amines) is 1. The van der Waals surface area contributed by atoms with E-state index in [-0.39, 0.29) is 31.2 Å². The van der Waals surface area contributed by atoms with E-state index in [4.69, 9.17) is 5.11 Å². The van der Waals surface area contributed by atoms with Gasteiger partial charge in [-0.3, -0.25) is 24.2 Å². The predicted molar refractivity (Wildman–Crippen MR) is 51.1 cm³/mol. The number of rotatable bonds is 4. The molecular weight excluding hydrogens is 200 g/mol. The molecule has 1 atom stereocenters. The summed E-state index contributed by atoms with van der Waals surface area (Å²) in [4.78, 5) is 35.8. The van der Waals surface area contributed by atoms with E-state index in [0.717, 1.165) is 4.90 Å². The summed E-state index contributed by atoms with van der Waals surface area (Å²) in [5.74, 6) is -1.38. The topological polar surface area (TPSA) is 77.9 Å². The number of aliphatic carboxylic acids is 1. The maximum absolute atomic E-state index is 11.5. The summed E-state index contributed by atoms with van der Waals surface area (Å²) in [6, 6.07) is -0.498. The van der Waals surface area contributed by atoms with Crippen molar-refractivity contribution < 1.29 is 19.5 Å². The first-order valence-corrected chi connectivity index (χ1v) is 4.66. The largest absolute Gasteiger partial charge is 0.481 e. The van der Waals surface area contributed by atoms with E-state index in [1.54, 1.807) is 11.9 Å². The first kappa shape index (κ1) is 11.6. The first-order chi connectivity index (χ1) is 6.93. The zero-order chi connectivity index (χ0) is 11.6. The Bertz CT molecular complexity index is 302. The Morgan fingerprint density at radius 2 is 2.20 bits per heavy atom. The predicted octanol–water partition coefficient (Wildman–Crippen LogP) is -0.850. The van der Waals surface area contributed by atoms with Crippen LogP contribution in [-0.2, 0) is 14.4 Å². The molecular formula is C9H14N2O4. The number of hydrogen-bond acceptors (Lipinski definition) is 4. The van der Waals surface area contributed by atoms with Crippen molar-refractivity contribution in [3.05, 3.63) is 0 Å². The molecule has 1 saturated heterocycles. The van der Waals surface area contributed by atoms with Crippen LogP contribution in [0.15, 0.2) is 0 Å². The number of carbonyl (C=O) groups excluding carboxylic acids is 2. The minimum Gasteiger partial charge on any atom is -0.481 e. The molecule has 1 unspecified atom stereocenters. The molecule has 1 heterocycles. The van der Waals surface area contributed by atoms with Crippen LogP contribution in [0.3, 0.4) is 0 Å². The number of imide groups is 1. The lowest BCUT2D eigenvalue weighted by molar-refractivity contribution is -0.140. The summed E-state index contributed by atoms with van der Waals surface area (Å²) in [6.07, 6.45) is 0.115. The van der Waals surface area contributed by atoms with Crippen molar-refractivity contribution in [1.82, 2.24) is 9.80 Å². The Balaban J connectivity index is 2.54. The van der Waals surface area contributed by atoms with Crippen LogP contribution in [0, 0.1) is 0 Å². The highest BCUT2D eigenvalue weighted by atomic mass is 16.4. The summed E-state index contributed by atoms with van der Waals surface area (Å²) in [5, 5.41) is 8.49. The van der Waals surface area contributed by atoms with Gasteiger partial charge in [-0.1, -0.05) is 0 Å². The van der Waals surface area contributed by atoms with Crippen LogP contribution in [0.4, 0.5) is 0 Å². The van der Waals surface area contributed by atoms with Gasteiger partial charge < -0.3 is 5.11 Å². The average molecular weight is 214 g/mol. The molecule has 1 N–H and O–H groups in total. The van der Waals surface area contributed by atoms with Gasteiger partial charge in [-0.05, 0) is 7.05 Å². The van der Waals surface area contributed by atoms with Gasteiger partial charge in [-0.25, -0.2) is 0 Å². The van der Waals surface area contributed by atoms with Crippen LogP contribution in [0.1, 0.15) is 12.8 Å². The Morgan fingerprint density at radius 1 is 1.60 bits per heavy atom. The fraction of sp³-hybridized carbons (Fsp3) is 0.667. The monoisotopic (exact) mass is 214 g/mol. The summed E-state index contributed by atoms with van der Waals surface area (Å²) < 4.78 is 0. The van der Waals surface area contributed by atoms with Gasteiger partial charge in [0.1, 0.15) is 0 Å². The van der Waals surface area contributed by atoms with Gasteiger partial charge in [-0.15, -0.1) is 0 Å². The molecule has 6 heteroatoms. The van der Waals surface area contributed by atoms with E-state index in [9.17, 15) is 14.4 Å². The third-order valence-corrected chi connectivity index (χ3v) is 2.57. The molecule has 1 aliphatic heterocycles. The molecule has 0 aromatic carbocycles. The highest BCUT2D eigenvalue weighted by Gasteiger charge is 2.38. The lowest BCUT2D eigenvalue weighted by Crippen LogP contribution is -2.39. The molecule has 0 aromatic heterocycles. The molecule has 0 spiro atoms. The fourth-order valence-corrected chi connectivity index (χ4v) is 1.51. The molecule has 84 valence electrons. The molecule has 1 fully saturated rings. The summed E-state index contributed by atoms with van der Waals surface area (Å²) in [6.45, 7) is 0.271. The Morgan fingerprint density at radius 3 is 2.60 bits per heavy atom. The number of amides is 2. The van der Waals surface area contributed by atoms with E-state index in [0.29, 0.717) is 0 Å². The van der Waals surface area contributed by atoms with Crippen LogP contribution >= 0.6 is 0 Å². The van der Waals surface area contributed by atoms with Crippen molar-refractivity contribution in [2.24, 2.45) is 0 Å². The van der Waals surface area contributed by atoms with Crippen LogP contribution in [0.2, 0.25) is 0 Å². The molecule has 1 aliphatic rings. The highest BCUT2D eigenvalue weighted by Crippen LogP contribution is 2.15. The summed E-state index contributed by atoms with van der Waals surface area (Å²) >= 11 is 0. The lowest BCUT2D eigenvalue weighted by atomic mass is 10.2. The third kappa shape index (κ3) is 2.53. The second kappa shape index (κ2) is 4.39. The molecule has 0 radical (unpaired) electrons. The molecule has 6 nitrogen and oxygen atoms in total. The molecule has 0 aliphatic carbocycles. The van der Waals surface area contributed by atoms with Crippen LogP contribution in [0.5, 0.6) is 0 Å². The van der Waals surface area contributed by atoms with Gasteiger partial charge in [0.05, 0.1) is 18.9 Å². The second-order valence-electron chi connectivity index (χ2n) is 3.64. The van der Waals surface area contributed by atoms with Crippen molar-refractivity contribution >= 4 is 17.8 Å². The number of carbonyl (C=O) groups is 3. The number of likely N-dealkylation sites (N-methyl/N-ethyl adjacent to an activating group) is 2. The third-order valence-electron chi connectivity index (χ3n) is 2.57. The fourth-order valence-electron chi connectivity index (χ4n) is 1.51. The maximum atomic E-state index is 11.5. The van der Waals surface area contributed by atoms with E-state index in [1.807, 2.05) is 0 Å². The van der Waals surface area contributed by atoms with Gasteiger partial charge in [-0.2, -0.15) is 0 Å². The van der Waals surface area contributed by atoms with Crippen molar-refractivity contribution in [3.8, 4) is 0 Å². The minimum absolute atomic E-state index is 0.0296. The van der Waals surface area contributed by atoms with E-state index in [1.165, 1.54) is 7.05 Å². The normalized spacial score (nSPS) is 21.5. The quantitative estimate of drug-likeness (QED) is 0.617. The Labute approximate surface area is 87.5 Å². The second-order valence-corrected chi connectivity index (χ2v) is 3.64. The Hall–Kier alpha value is -1.43. The summed E-state index contributed by atoms with van der Waals surface area (Å²) in [5.41, 5.74) is 0. The van der Waals surface area contributed by atoms with E-state index >= 15 is 0 Å². The molecule has 2 amide bonds. The molecule has 0 bridgehead atoms. The van der Waals surface area contributed by atoms with Crippen LogP contribution < -0.4 is 0 Å². The number of carboxylic acid groups (broad SMARTS) is 1. The molecule has 0 aromatic rings. The average Bonchev–Trinajstić information content (AvgIpc) is 2.42. The molecule has 15 heavy (non-hydrogen) atoms. The van der Waals surface area contributed by atoms with Gasteiger partial charge in [0, 0.05) is 13.6 Å². The number of hydrogen-bond donors (Lipinski definition) is 1. The smallest absolute Gasteiger partial charge is 0.304 e. The van der Waals surface area contributed by atoms with E-state index in [2.05, 4.69) is 0 Å². The zero-order valence-corrected chi connectivity index (χ0v) is 8.77. The zero-order valence-electron chi connectivity index (χ0n) is 8.77. The van der Waals surface area contributed by atoms with Gasteiger partial charge in [0.15, 0.2) is 0 Å². The van der Waals surface area contributed by atoms with Crippen molar-refractivity contribution in [1.29, 1.82) is 0 Å². The highest BCUT2D eigenvalue weighted by molar-refractivity contribution is 6.05. The summed E-state index contributed by atoms with van der Waals surface area (Å²) in [7, 11) is 3.09. The SMILES string of the molecule is CN1C(=O)CC(N(C)CCC(=O)O)C1=O. The van der Waals surface area contributed by atoms with E-state index < -0.39 is 12.0 Å². The lowest BCUT2D eigenvalue weighted by Gasteiger charge is -2.20. The van der Waals surface area contributed by atoms with Gasteiger partial charge in [0.25, 0.3) is 0 Å². The minimum atomic E-state index is -0.910. The van der Waals surface area contributed by atoms with Crippen molar-refractivity contribution in [2.75, 3.05) is 20.6 Å². The van der Waals surface area contributed by atoms with Crippen LogP contribution in [0.25, 0.3) is 0 Å².